The zero-order valence-electron chi connectivity index (χ0n) is 12.3. The zero-order valence-corrected chi connectivity index (χ0v) is 14.0. The minimum Gasteiger partial charge on any atom is -0.320 e. The third-order valence-corrected chi connectivity index (χ3v) is 6.31. The fourth-order valence-corrected chi connectivity index (χ4v) is 3.63. The van der Waals surface area contributed by atoms with E-state index in [1.807, 2.05) is 0 Å². The van der Waals surface area contributed by atoms with Crippen molar-refractivity contribution in [3.63, 3.8) is 0 Å². The highest BCUT2D eigenvalue weighted by Gasteiger charge is 2.21. The first-order valence-corrected chi connectivity index (χ1v) is 9.32. The number of nitrogens with one attached hydrogen (secondary N) is 2. The summed E-state index contributed by atoms with van der Waals surface area (Å²) in [6.07, 6.45) is 0.693. The Morgan fingerprint density at radius 1 is 1.00 bits per heavy atom. The highest BCUT2D eigenvalue weighted by atomic mass is 32.2. The number of rotatable bonds is 8. The molecule has 120 valence electrons. The van der Waals surface area contributed by atoms with Crippen LogP contribution < -0.4 is 10.0 Å². The molecule has 0 atom stereocenters. The molecule has 1 aromatic carbocycles. The molecule has 7 nitrogen and oxygen atoms in total. The molecule has 0 fully saturated rings. The van der Waals surface area contributed by atoms with E-state index in [0.29, 0.717) is 13.0 Å². The summed E-state index contributed by atoms with van der Waals surface area (Å²) in [6, 6.07) is 5.16. The number of sulfonamides is 2. The number of benzene rings is 1. The van der Waals surface area contributed by atoms with Gasteiger partial charge >= 0.3 is 0 Å². The van der Waals surface area contributed by atoms with Crippen molar-refractivity contribution in [2.24, 2.45) is 0 Å². The highest BCUT2D eigenvalue weighted by molar-refractivity contribution is 7.89. The molecule has 0 heterocycles. The van der Waals surface area contributed by atoms with E-state index >= 15 is 0 Å². The first-order valence-electron chi connectivity index (χ1n) is 6.40. The largest absolute Gasteiger partial charge is 0.320 e. The Morgan fingerprint density at radius 3 is 2.00 bits per heavy atom. The van der Waals surface area contributed by atoms with E-state index in [1.165, 1.54) is 42.7 Å². The quantitative estimate of drug-likeness (QED) is 0.643. The summed E-state index contributed by atoms with van der Waals surface area (Å²) in [4.78, 5) is 0.103. The lowest BCUT2D eigenvalue weighted by molar-refractivity contribution is 0.458. The second-order valence-corrected chi connectivity index (χ2v) is 8.39. The Kier molecular flexibility index (Phi) is 6.29. The molecule has 0 saturated heterocycles. The third-order valence-electron chi connectivity index (χ3n) is 3.01. The van der Waals surface area contributed by atoms with Gasteiger partial charge in [0.05, 0.1) is 9.79 Å². The summed E-state index contributed by atoms with van der Waals surface area (Å²) < 4.78 is 51.2. The van der Waals surface area contributed by atoms with Crippen LogP contribution in [0, 0.1) is 0 Å². The molecule has 0 aliphatic carbocycles. The van der Waals surface area contributed by atoms with Crippen LogP contribution >= 0.6 is 0 Å². The second-order valence-electron chi connectivity index (χ2n) is 4.46. The lowest BCUT2D eigenvalue weighted by Gasteiger charge is -2.17. The van der Waals surface area contributed by atoms with E-state index in [4.69, 9.17) is 0 Å². The van der Waals surface area contributed by atoms with Crippen LogP contribution in [0.25, 0.3) is 0 Å². The topological polar surface area (TPSA) is 95.6 Å². The maximum atomic E-state index is 12.3. The van der Waals surface area contributed by atoms with Crippen molar-refractivity contribution in [2.75, 3.05) is 34.2 Å². The lowest BCUT2D eigenvalue weighted by Crippen LogP contribution is -2.29. The summed E-state index contributed by atoms with van der Waals surface area (Å²) >= 11 is 0. The van der Waals surface area contributed by atoms with Gasteiger partial charge in [0.1, 0.15) is 0 Å². The van der Waals surface area contributed by atoms with Crippen molar-refractivity contribution in [2.45, 2.75) is 16.2 Å². The molecular weight excluding hydrogens is 314 g/mol. The van der Waals surface area contributed by atoms with Crippen molar-refractivity contribution in [1.29, 1.82) is 0 Å². The van der Waals surface area contributed by atoms with Gasteiger partial charge in [0.15, 0.2) is 0 Å². The summed E-state index contributed by atoms with van der Waals surface area (Å²) in [6.45, 7) is 1.11. The molecule has 0 amide bonds. The summed E-state index contributed by atoms with van der Waals surface area (Å²) in [5, 5.41) is 2.95. The first kappa shape index (κ1) is 18.1. The molecule has 0 unspecified atom stereocenters. The molecule has 1 aromatic rings. The monoisotopic (exact) mass is 335 g/mol. The SMILES string of the molecule is CNCCCN(C)S(=O)(=O)c1ccc(S(=O)(=O)NC)cc1. The fourth-order valence-electron chi connectivity index (χ4n) is 1.69. The van der Waals surface area contributed by atoms with Gasteiger partial charge in [-0.15, -0.1) is 0 Å². The van der Waals surface area contributed by atoms with Crippen molar-refractivity contribution >= 4 is 20.0 Å². The van der Waals surface area contributed by atoms with E-state index in [0.717, 1.165) is 6.54 Å². The van der Waals surface area contributed by atoms with Crippen LogP contribution in [-0.4, -0.2) is 55.4 Å². The molecule has 0 aliphatic rings. The van der Waals surface area contributed by atoms with Crippen LogP contribution in [0.5, 0.6) is 0 Å². The lowest BCUT2D eigenvalue weighted by atomic mass is 10.4. The van der Waals surface area contributed by atoms with Crippen LogP contribution in [0.15, 0.2) is 34.1 Å². The summed E-state index contributed by atoms with van der Waals surface area (Å²) in [7, 11) is -2.56. The Hall–Kier alpha value is -1.00. The van der Waals surface area contributed by atoms with Crippen LogP contribution in [0.1, 0.15) is 6.42 Å². The van der Waals surface area contributed by atoms with Crippen LogP contribution in [0.3, 0.4) is 0 Å². The molecule has 0 radical (unpaired) electrons. The molecule has 21 heavy (non-hydrogen) atoms. The average molecular weight is 335 g/mol. The third kappa shape index (κ3) is 4.48. The molecule has 9 heteroatoms. The molecular formula is C12H21N3O4S2. The first-order chi connectivity index (χ1) is 9.75. The second kappa shape index (κ2) is 7.32. The average Bonchev–Trinajstić information content (AvgIpc) is 2.47. The molecule has 0 aliphatic heterocycles. The van der Waals surface area contributed by atoms with Crippen LogP contribution in [0.2, 0.25) is 0 Å². The van der Waals surface area contributed by atoms with E-state index in [9.17, 15) is 16.8 Å². The van der Waals surface area contributed by atoms with Gasteiger partial charge in [-0.2, -0.15) is 0 Å². The standard InChI is InChI=1S/C12H21N3O4S2/c1-13-9-4-10-15(3)21(18,19)12-7-5-11(6-8-12)20(16,17)14-2/h5-8,13-14H,4,9-10H2,1-3H3. The van der Waals surface area contributed by atoms with Crippen LogP contribution in [-0.2, 0) is 20.0 Å². The molecule has 0 spiro atoms. The van der Waals surface area contributed by atoms with E-state index in [1.54, 1.807) is 7.05 Å². The minimum atomic E-state index is -3.60. The number of nitrogens with zero attached hydrogens (tertiary/aromatic N) is 1. The van der Waals surface area contributed by atoms with Gasteiger partial charge in [-0.05, 0) is 51.3 Å². The van der Waals surface area contributed by atoms with Crippen molar-refractivity contribution in [3.05, 3.63) is 24.3 Å². The van der Waals surface area contributed by atoms with Crippen LogP contribution in [0.4, 0.5) is 0 Å². The smallest absolute Gasteiger partial charge is 0.242 e. The van der Waals surface area contributed by atoms with Crippen molar-refractivity contribution in [3.8, 4) is 0 Å². The van der Waals surface area contributed by atoms with Gasteiger partial charge < -0.3 is 5.32 Å². The predicted molar refractivity (Wildman–Crippen MR) is 81.0 cm³/mol. The zero-order chi connectivity index (χ0) is 16.1. The Labute approximate surface area is 126 Å². The van der Waals surface area contributed by atoms with Gasteiger partial charge in [-0.3, -0.25) is 0 Å². The van der Waals surface area contributed by atoms with Gasteiger partial charge in [-0.1, -0.05) is 0 Å². The van der Waals surface area contributed by atoms with E-state index in [-0.39, 0.29) is 9.79 Å². The Morgan fingerprint density at radius 2 is 1.52 bits per heavy atom. The molecule has 0 saturated carbocycles. The fraction of sp³-hybridized carbons (Fsp3) is 0.500. The summed E-state index contributed by atoms with van der Waals surface area (Å²) in [5.41, 5.74) is 0. The van der Waals surface area contributed by atoms with Gasteiger partial charge in [0, 0.05) is 13.6 Å². The Balaban J connectivity index is 2.95. The minimum absolute atomic E-state index is 0.0294. The van der Waals surface area contributed by atoms with E-state index < -0.39 is 20.0 Å². The molecule has 0 bridgehead atoms. The van der Waals surface area contributed by atoms with E-state index in [2.05, 4.69) is 10.0 Å². The molecule has 0 aromatic heterocycles. The van der Waals surface area contributed by atoms with Gasteiger partial charge in [-0.25, -0.2) is 25.9 Å². The predicted octanol–water partition coefficient (Wildman–Crippen LogP) is -0.175. The van der Waals surface area contributed by atoms with Crippen molar-refractivity contribution in [1.82, 2.24) is 14.3 Å². The number of hydrogen-bond donors (Lipinski definition) is 2. The van der Waals surface area contributed by atoms with Gasteiger partial charge in [0.2, 0.25) is 20.0 Å². The summed E-state index contributed by atoms with van der Waals surface area (Å²) in [5.74, 6) is 0. The maximum absolute atomic E-state index is 12.3. The number of hydrogen-bond acceptors (Lipinski definition) is 5. The molecule has 2 N–H and O–H groups in total. The normalized spacial score (nSPS) is 12.8. The molecule has 1 rings (SSSR count). The Bertz CT molecular complexity index is 654. The maximum Gasteiger partial charge on any atom is 0.242 e. The highest BCUT2D eigenvalue weighted by Crippen LogP contribution is 2.17. The van der Waals surface area contributed by atoms with Crippen molar-refractivity contribution < 1.29 is 16.8 Å². The van der Waals surface area contributed by atoms with Gasteiger partial charge in [0.25, 0.3) is 0 Å².